The molecule has 0 aliphatic carbocycles. The van der Waals surface area contributed by atoms with Crippen LogP contribution in [0.1, 0.15) is 36.6 Å². The van der Waals surface area contributed by atoms with Crippen LogP contribution in [0.5, 0.6) is 0 Å². The number of carbonyl (C=O) groups excluding carboxylic acids is 2. The van der Waals surface area contributed by atoms with Gasteiger partial charge in [0.15, 0.2) is 5.54 Å². The van der Waals surface area contributed by atoms with Crippen LogP contribution in [0.4, 0.5) is 5.69 Å². The van der Waals surface area contributed by atoms with Crippen LogP contribution in [0.2, 0.25) is 0 Å². The number of fused-ring (bicyclic) bond motifs is 6. The second-order valence-electron chi connectivity index (χ2n) is 7.42. The smallest absolute Gasteiger partial charge is 0.261 e. The summed E-state index contributed by atoms with van der Waals surface area (Å²) in [5, 5.41) is 4.14. The quantitative estimate of drug-likeness (QED) is 0.626. The molecule has 2 aliphatic rings. The van der Waals surface area contributed by atoms with Crippen LogP contribution in [0.3, 0.4) is 0 Å². The van der Waals surface area contributed by atoms with Crippen molar-refractivity contribution in [3.8, 4) is 0 Å². The van der Waals surface area contributed by atoms with E-state index in [1.807, 2.05) is 43.3 Å². The lowest BCUT2D eigenvalue weighted by molar-refractivity contribution is -0.144. The monoisotopic (exact) mass is 437 g/mol. The van der Waals surface area contributed by atoms with Crippen LogP contribution >= 0.6 is 15.9 Å². The van der Waals surface area contributed by atoms with Gasteiger partial charge in [0.1, 0.15) is 0 Å². The summed E-state index contributed by atoms with van der Waals surface area (Å²) in [7, 11) is 0. The number of hydrogen-bond acceptors (Lipinski definition) is 2. The minimum atomic E-state index is -1.15. The molecule has 0 unspecified atom stereocenters. The third kappa shape index (κ3) is 2.18. The summed E-state index contributed by atoms with van der Waals surface area (Å²) in [4.78, 5) is 32.0. The summed E-state index contributed by atoms with van der Waals surface area (Å²) in [6, 6.07) is 13.9. The highest BCUT2D eigenvalue weighted by molar-refractivity contribution is 9.10. The van der Waals surface area contributed by atoms with E-state index < -0.39 is 5.54 Å². The molecule has 142 valence electrons. The van der Waals surface area contributed by atoms with Crippen LogP contribution in [-0.2, 0) is 21.5 Å². The maximum Gasteiger partial charge on any atom is 0.261 e. The highest BCUT2D eigenvalue weighted by atomic mass is 79.9. The lowest BCUT2D eigenvalue weighted by Gasteiger charge is -2.43. The van der Waals surface area contributed by atoms with Gasteiger partial charge in [-0.15, -0.1) is 0 Å². The maximum absolute atomic E-state index is 13.5. The molecule has 3 aromatic rings. The largest absolute Gasteiger partial charge is 0.355 e. The van der Waals surface area contributed by atoms with E-state index in [-0.39, 0.29) is 11.8 Å². The number of hydrogen-bond donors (Lipinski definition) is 2. The fraction of sp³-hybridized carbons (Fsp3) is 0.273. The van der Waals surface area contributed by atoms with Crippen LogP contribution in [0.15, 0.2) is 46.9 Å². The lowest BCUT2D eigenvalue weighted by Crippen LogP contribution is -2.57. The molecule has 0 saturated carbocycles. The average molecular weight is 438 g/mol. The number of aromatic nitrogens is 1. The molecule has 2 N–H and O–H groups in total. The molecule has 5 nitrogen and oxygen atoms in total. The Hall–Kier alpha value is -2.60. The molecule has 1 atom stereocenters. The number of benzene rings is 2. The first-order valence-corrected chi connectivity index (χ1v) is 10.4. The van der Waals surface area contributed by atoms with Gasteiger partial charge >= 0.3 is 0 Å². The third-order valence-electron chi connectivity index (χ3n) is 5.88. The summed E-state index contributed by atoms with van der Waals surface area (Å²) in [6.07, 6.45) is 1.90. The molecule has 28 heavy (non-hydrogen) atoms. The Labute approximate surface area is 171 Å². The first kappa shape index (κ1) is 17.5. The van der Waals surface area contributed by atoms with Gasteiger partial charge in [-0.05, 0) is 42.7 Å². The summed E-state index contributed by atoms with van der Waals surface area (Å²) in [5.41, 5.74) is 3.36. The van der Waals surface area contributed by atoms with Crippen LogP contribution < -0.4 is 5.32 Å². The minimum absolute atomic E-state index is 0.00906. The van der Waals surface area contributed by atoms with Crippen molar-refractivity contribution in [1.29, 1.82) is 0 Å². The number of aromatic amines is 1. The van der Waals surface area contributed by atoms with Gasteiger partial charge in [-0.25, -0.2) is 0 Å². The van der Waals surface area contributed by atoms with Crippen molar-refractivity contribution in [2.24, 2.45) is 0 Å². The van der Waals surface area contributed by atoms with E-state index >= 15 is 0 Å². The zero-order chi connectivity index (χ0) is 19.5. The number of nitrogens with zero attached hydrogens (tertiary/aromatic N) is 1. The predicted octanol–water partition coefficient (Wildman–Crippen LogP) is 4.31. The molecular weight excluding hydrogens is 418 g/mol. The van der Waals surface area contributed by atoms with Crippen LogP contribution in [0.25, 0.3) is 10.9 Å². The Bertz CT molecular complexity index is 1140. The van der Waals surface area contributed by atoms with E-state index in [4.69, 9.17) is 0 Å². The molecule has 2 amide bonds. The number of para-hydroxylation sites is 1. The number of halogens is 1. The van der Waals surface area contributed by atoms with Crippen molar-refractivity contribution in [3.05, 3.63) is 63.8 Å². The lowest BCUT2D eigenvalue weighted by atomic mass is 9.79. The molecule has 0 fully saturated rings. The molecule has 2 aromatic carbocycles. The minimum Gasteiger partial charge on any atom is -0.355 e. The van der Waals surface area contributed by atoms with E-state index in [0.717, 1.165) is 50.7 Å². The van der Waals surface area contributed by atoms with E-state index in [1.165, 1.54) is 0 Å². The van der Waals surface area contributed by atoms with E-state index in [2.05, 4.69) is 32.3 Å². The van der Waals surface area contributed by atoms with Gasteiger partial charge in [0.05, 0.1) is 5.69 Å². The average Bonchev–Trinajstić information content (AvgIpc) is 3.19. The van der Waals surface area contributed by atoms with Gasteiger partial charge in [0, 0.05) is 39.6 Å². The number of H-pyrrole nitrogens is 1. The fourth-order valence-corrected chi connectivity index (χ4v) is 5.09. The molecule has 1 aromatic heterocycles. The van der Waals surface area contributed by atoms with E-state index in [1.54, 1.807) is 4.90 Å². The van der Waals surface area contributed by atoms with Crippen LogP contribution in [0, 0.1) is 0 Å². The molecule has 5 rings (SSSR count). The number of anilines is 1. The Morgan fingerprint density at radius 2 is 2.07 bits per heavy atom. The van der Waals surface area contributed by atoms with Crippen molar-refractivity contribution in [3.63, 3.8) is 0 Å². The molecule has 0 radical (unpaired) electrons. The zero-order valence-electron chi connectivity index (χ0n) is 15.5. The molecule has 0 bridgehead atoms. The zero-order valence-corrected chi connectivity index (χ0v) is 17.1. The molecule has 3 heterocycles. The summed E-state index contributed by atoms with van der Waals surface area (Å²) >= 11 is 3.54. The highest BCUT2D eigenvalue weighted by Gasteiger charge is 2.58. The van der Waals surface area contributed by atoms with Crippen molar-refractivity contribution < 1.29 is 9.59 Å². The molecule has 0 saturated heterocycles. The molecular formula is C22H20BrN3O2. The molecule has 1 spiro atoms. The molecule has 2 aliphatic heterocycles. The fourth-order valence-electron chi connectivity index (χ4n) is 4.73. The SMILES string of the molecule is CCCC(=O)N1CCc2c([nH]c3ccccc23)[C@]12C(=O)Nc1ccc(Br)cc12. The normalized spacial score (nSPS) is 20.4. The van der Waals surface area contributed by atoms with Gasteiger partial charge < -0.3 is 15.2 Å². The van der Waals surface area contributed by atoms with Crippen molar-refractivity contribution >= 4 is 44.3 Å². The number of rotatable bonds is 2. The predicted molar refractivity (Wildman–Crippen MR) is 112 cm³/mol. The summed E-state index contributed by atoms with van der Waals surface area (Å²) in [6.45, 7) is 2.51. The Balaban J connectivity index is 1.85. The van der Waals surface area contributed by atoms with E-state index in [9.17, 15) is 9.59 Å². The van der Waals surface area contributed by atoms with Gasteiger partial charge in [0.25, 0.3) is 5.91 Å². The number of amides is 2. The Morgan fingerprint density at radius 1 is 1.25 bits per heavy atom. The summed E-state index contributed by atoms with van der Waals surface area (Å²) in [5.74, 6) is -0.160. The van der Waals surface area contributed by atoms with E-state index in [0.29, 0.717) is 13.0 Å². The maximum atomic E-state index is 13.5. The van der Waals surface area contributed by atoms with Crippen LogP contribution in [-0.4, -0.2) is 28.2 Å². The molecule has 6 heteroatoms. The highest BCUT2D eigenvalue weighted by Crippen LogP contribution is 2.50. The van der Waals surface area contributed by atoms with Gasteiger partial charge in [0.2, 0.25) is 5.91 Å². The standard InChI is InChI=1S/C22H20BrN3O2/c1-2-5-19(27)26-11-10-15-14-6-3-4-7-17(14)24-20(15)22(26)16-12-13(23)8-9-18(16)25-21(22)28/h3-4,6-9,12,24H,2,5,10-11H2,1H3,(H,25,28)/t22-/m1/s1. The summed E-state index contributed by atoms with van der Waals surface area (Å²) < 4.78 is 0.883. The van der Waals surface area contributed by atoms with Gasteiger partial charge in [-0.2, -0.15) is 0 Å². The first-order chi connectivity index (χ1) is 13.6. The van der Waals surface area contributed by atoms with Gasteiger partial charge in [-0.3, -0.25) is 9.59 Å². The second-order valence-corrected chi connectivity index (χ2v) is 8.34. The van der Waals surface area contributed by atoms with Crippen molar-refractivity contribution in [1.82, 2.24) is 9.88 Å². The third-order valence-corrected chi connectivity index (χ3v) is 6.37. The number of nitrogens with one attached hydrogen (secondary N) is 2. The Kier molecular flexibility index (Phi) is 3.88. The second kappa shape index (κ2) is 6.21. The topological polar surface area (TPSA) is 65.2 Å². The van der Waals surface area contributed by atoms with Crippen molar-refractivity contribution in [2.75, 3.05) is 11.9 Å². The van der Waals surface area contributed by atoms with Gasteiger partial charge in [-0.1, -0.05) is 41.1 Å². The first-order valence-electron chi connectivity index (χ1n) is 9.59. The van der Waals surface area contributed by atoms with Crippen molar-refractivity contribution in [2.45, 2.75) is 31.7 Å². The Morgan fingerprint density at radius 3 is 2.89 bits per heavy atom. The number of carbonyl (C=O) groups is 2.